The van der Waals surface area contributed by atoms with Crippen LogP contribution in [0.15, 0.2) is 41.8 Å². The van der Waals surface area contributed by atoms with E-state index in [1.807, 2.05) is 36.1 Å². The molecule has 1 aromatic carbocycles. The maximum absolute atomic E-state index is 5.90. The van der Waals surface area contributed by atoms with Crippen molar-refractivity contribution in [3.05, 3.63) is 47.2 Å². The van der Waals surface area contributed by atoms with E-state index in [1.165, 1.54) is 5.56 Å². The predicted octanol–water partition coefficient (Wildman–Crippen LogP) is 4.32. The lowest BCUT2D eigenvalue weighted by atomic mass is 10.1. The molecule has 1 heterocycles. The topological polar surface area (TPSA) is 17.8 Å². The second-order valence-corrected chi connectivity index (χ2v) is 5.49. The van der Waals surface area contributed by atoms with E-state index in [-0.39, 0.29) is 0 Å². The molecule has 0 saturated carbocycles. The molecule has 0 amide bonds. The van der Waals surface area contributed by atoms with Gasteiger partial charge in [-0.3, -0.25) is 0 Å². The average molecular weight is 267 g/mol. The maximum Gasteiger partial charge on any atom is 0.168 e. The molecule has 2 rings (SSSR count). The molecule has 0 N–H and O–H groups in total. The standard InChI is InChI=1S/C13H15ClN2S/c1-3-12(10-4-6-11(14)7-5-10)17-13-15-8-9-16(13)2/h4-9,12H,3H2,1-2H3. The first-order chi connectivity index (χ1) is 8.20. The van der Waals surface area contributed by atoms with Gasteiger partial charge in [0.25, 0.3) is 0 Å². The minimum Gasteiger partial charge on any atom is -0.329 e. The lowest BCUT2D eigenvalue weighted by Crippen LogP contribution is -1.96. The highest BCUT2D eigenvalue weighted by Crippen LogP contribution is 2.36. The number of nitrogens with zero attached hydrogens (tertiary/aromatic N) is 2. The minimum atomic E-state index is 0.424. The quantitative estimate of drug-likeness (QED) is 0.767. The van der Waals surface area contributed by atoms with Gasteiger partial charge in [0.05, 0.1) is 0 Å². The van der Waals surface area contributed by atoms with Crippen LogP contribution in [0.5, 0.6) is 0 Å². The number of halogens is 1. The Balaban J connectivity index is 2.17. The fourth-order valence-electron chi connectivity index (χ4n) is 1.66. The summed E-state index contributed by atoms with van der Waals surface area (Å²) < 4.78 is 2.04. The molecule has 2 aromatic rings. The second kappa shape index (κ2) is 5.61. The molecule has 1 aromatic heterocycles. The Morgan fingerprint density at radius 2 is 2.06 bits per heavy atom. The van der Waals surface area contributed by atoms with E-state index in [0.717, 1.165) is 16.6 Å². The van der Waals surface area contributed by atoms with E-state index in [1.54, 1.807) is 11.8 Å². The van der Waals surface area contributed by atoms with Crippen molar-refractivity contribution in [2.75, 3.05) is 0 Å². The van der Waals surface area contributed by atoms with Gasteiger partial charge in [-0.05, 0) is 24.1 Å². The van der Waals surface area contributed by atoms with Crippen LogP contribution in [0.4, 0.5) is 0 Å². The summed E-state index contributed by atoms with van der Waals surface area (Å²) in [6, 6.07) is 8.07. The minimum absolute atomic E-state index is 0.424. The highest BCUT2D eigenvalue weighted by molar-refractivity contribution is 7.99. The average Bonchev–Trinajstić information content (AvgIpc) is 2.73. The SMILES string of the molecule is CCC(Sc1nccn1C)c1ccc(Cl)cc1. The van der Waals surface area contributed by atoms with Crippen molar-refractivity contribution in [1.29, 1.82) is 0 Å². The van der Waals surface area contributed by atoms with Gasteiger partial charge in [0, 0.05) is 29.7 Å². The van der Waals surface area contributed by atoms with Crippen molar-refractivity contribution >= 4 is 23.4 Å². The molecule has 1 atom stereocenters. The molecule has 0 fully saturated rings. The van der Waals surface area contributed by atoms with Gasteiger partial charge in [0.1, 0.15) is 0 Å². The number of aromatic nitrogens is 2. The van der Waals surface area contributed by atoms with Crippen molar-refractivity contribution in [3.8, 4) is 0 Å². The summed E-state index contributed by atoms with van der Waals surface area (Å²) in [5.74, 6) is 0. The number of rotatable bonds is 4. The van der Waals surface area contributed by atoms with Crippen molar-refractivity contribution < 1.29 is 0 Å². The van der Waals surface area contributed by atoms with E-state index in [0.29, 0.717) is 5.25 Å². The Morgan fingerprint density at radius 1 is 1.35 bits per heavy atom. The molecule has 2 nitrogen and oxygen atoms in total. The van der Waals surface area contributed by atoms with Gasteiger partial charge in [0.15, 0.2) is 5.16 Å². The molecule has 1 unspecified atom stereocenters. The first-order valence-corrected chi connectivity index (χ1v) is 6.86. The number of thioether (sulfide) groups is 1. The summed E-state index contributed by atoms with van der Waals surface area (Å²) in [5.41, 5.74) is 1.30. The fourth-order valence-corrected chi connectivity index (χ4v) is 2.85. The summed E-state index contributed by atoms with van der Waals surface area (Å²) in [6.07, 6.45) is 4.87. The third-order valence-corrected chi connectivity index (χ3v) is 4.38. The third-order valence-electron chi connectivity index (χ3n) is 2.64. The molecule has 0 saturated heterocycles. The first kappa shape index (κ1) is 12.5. The monoisotopic (exact) mass is 266 g/mol. The van der Waals surface area contributed by atoms with Crippen LogP contribution < -0.4 is 0 Å². The Bertz CT molecular complexity index is 478. The molecule has 0 spiro atoms. The molecule has 0 aliphatic rings. The molecule has 90 valence electrons. The second-order valence-electron chi connectivity index (χ2n) is 3.89. The van der Waals surface area contributed by atoms with Crippen LogP contribution >= 0.6 is 23.4 Å². The van der Waals surface area contributed by atoms with Gasteiger partial charge < -0.3 is 4.57 Å². The zero-order valence-corrected chi connectivity index (χ0v) is 11.5. The van der Waals surface area contributed by atoms with Gasteiger partial charge >= 0.3 is 0 Å². The number of hydrogen-bond donors (Lipinski definition) is 0. The lowest BCUT2D eigenvalue weighted by Gasteiger charge is -2.14. The van der Waals surface area contributed by atoms with Crippen molar-refractivity contribution in [3.63, 3.8) is 0 Å². The van der Waals surface area contributed by atoms with E-state index in [2.05, 4.69) is 24.0 Å². The van der Waals surface area contributed by atoms with E-state index >= 15 is 0 Å². The van der Waals surface area contributed by atoms with Gasteiger partial charge in [-0.25, -0.2) is 4.98 Å². The Kier molecular flexibility index (Phi) is 4.13. The summed E-state index contributed by atoms with van der Waals surface area (Å²) >= 11 is 7.69. The van der Waals surface area contributed by atoms with Crippen LogP contribution in [0.3, 0.4) is 0 Å². The Morgan fingerprint density at radius 3 is 2.59 bits per heavy atom. The Labute approximate surface area is 111 Å². The van der Waals surface area contributed by atoms with Gasteiger partial charge in [-0.15, -0.1) is 0 Å². The number of aryl methyl sites for hydroxylation is 1. The van der Waals surface area contributed by atoms with Gasteiger partial charge in [-0.2, -0.15) is 0 Å². The van der Waals surface area contributed by atoms with Gasteiger partial charge in [-0.1, -0.05) is 42.4 Å². The largest absolute Gasteiger partial charge is 0.329 e. The third kappa shape index (κ3) is 3.05. The molecular weight excluding hydrogens is 252 g/mol. The van der Waals surface area contributed by atoms with Crippen LogP contribution in [0.25, 0.3) is 0 Å². The maximum atomic E-state index is 5.90. The molecule has 4 heteroatoms. The van der Waals surface area contributed by atoms with E-state index in [4.69, 9.17) is 11.6 Å². The zero-order chi connectivity index (χ0) is 12.3. The molecule has 0 radical (unpaired) electrons. The van der Waals surface area contributed by atoms with Gasteiger partial charge in [0.2, 0.25) is 0 Å². The molecule has 0 aliphatic heterocycles. The first-order valence-electron chi connectivity index (χ1n) is 5.60. The highest BCUT2D eigenvalue weighted by Gasteiger charge is 2.13. The summed E-state index contributed by atoms with van der Waals surface area (Å²) in [6.45, 7) is 2.19. The predicted molar refractivity (Wildman–Crippen MR) is 73.5 cm³/mol. The molecule has 17 heavy (non-hydrogen) atoms. The number of benzene rings is 1. The van der Waals surface area contributed by atoms with Crippen LogP contribution in [0, 0.1) is 0 Å². The van der Waals surface area contributed by atoms with E-state index in [9.17, 15) is 0 Å². The van der Waals surface area contributed by atoms with E-state index < -0.39 is 0 Å². The Hall–Kier alpha value is -0.930. The van der Waals surface area contributed by atoms with Crippen LogP contribution in [0.2, 0.25) is 5.02 Å². The summed E-state index contributed by atoms with van der Waals surface area (Å²) in [5, 5.41) is 2.26. The number of hydrogen-bond acceptors (Lipinski definition) is 2. The molecule has 0 bridgehead atoms. The van der Waals surface area contributed by atoms with Crippen molar-refractivity contribution in [2.45, 2.75) is 23.8 Å². The summed E-state index contributed by atoms with van der Waals surface area (Å²) in [4.78, 5) is 4.35. The molecule has 0 aliphatic carbocycles. The van der Waals surface area contributed by atoms with Crippen molar-refractivity contribution in [1.82, 2.24) is 9.55 Å². The highest BCUT2D eigenvalue weighted by atomic mass is 35.5. The number of imidazole rings is 1. The van der Waals surface area contributed by atoms with Crippen molar-refractivity contribution in [2.24, 2.45) is 7.05 Å². The van der Waals surface area contributed by atoms with Crippen LogP contribution in [-0.2, 0) is 7.05 Å². The van der Waals surface area contributed by atoms with Crippen LogP contribution in [0.1, 0.15) is 24.2 Å². The normalized spacial score (nSPS) is 12.6. The summed E-state index contributed by atoms with van der Waals surface area (Å²) in [7, 11) is 2.02. The zero-order valence-electron chi connectivity index (χ0n) is 9.93. The fraction of sp³-hybridized carbons (Fsp3) is 0.308. The molecular formula is C13H15ClN2S. The van der Waals surface area contributed by atoms with Crippen LogP contribution in [-0.4, -0.2) is 9.55 Å². The lowest BCUT2D eigenvalue weighted by molar-refractivity contribution is 0.779. The smallest absolute Gasteiger partial charge is 0.168 e.